The highest BCUT2D eigenvalue weighted by atomic mass is 32.2. The second kappa shape index (κ2) is 5.83. The molecule has 3 heterocycles. The molecule has 3 aliphatic rings. The Morgan fingerprint density at radius 2 is 1.87 bits per heavy atom. The lowest BCUT2D eigenvalue weighted by Gasteiger charge is -2.47. The van der Waals surface area contributed by atoms with Crippen LogP contribution in [0.15, 0.2) is 24.3 Å². The van der Waals surface area contributed by atoms with Crippen molar-refractivity contribution in [3.8, 4) is 0 Å². The number of aryl methyl sites for hydroxylation is 1. The Bertz CT molecular complexity index is 650. The van der Waals surface area contributed by atoms with Gasteiger partial charge in [-0.2, -0.15) is 0 Å². The van der Waals surface area contributed by atoms with Crippen molar-refractivity contribution in [3.05, 3.63) is 35.4 Å². The van der Waals surface area contributed by atoms with E-state index >= 15 is 0 Å². The smallest absolute Gasteiger partial charge is 0.248 e. The van der Waals surface area contributed by atoms with Gasteiger partial charge in [0.25, 0.3) is 0 Å². The second-order valence-corrected chi connectivity index (χ2v) is 7.53. The number of hydrogen-bond acceptors (Lipinski definition) is 4. The van der Waals surface area contributed by atoms with Crippen LogP contribution in [0.25, 0.3) is 0 Å². The third-order valence-corrected chi connectivity index (χ3v) is 6.15. The summed E-state index contributed by atoms with van der Waals surface area (Å²) in [5, 5.41) is 0. The lowest BCUT2D eigenvalue weighted by Crippen LogP contribution is -2.69. The fourth-order valence-corrected chi connectivity index (χ4v) is 4.89. The average Bonchev–Trinajstić information content (AvgIpc) is 3.05. The molecular weight excluding hydrogens is 310 g/mol. The first-order valence-corrected chi connectivity index (χ1v) is 9.26. The van der Waals surface area contributed by atoms with Crippen molar-refractivity contribution in [2.75, 3.05) is 31.3 Å². The molecule has 1 aromatic rings. The minimum atomic E-state index is -0.296. The molecule has 0 radical (unpaired) electrons. The molecule has 6 heteroatoms. The van der Waals surface area contributed by atoms with Gasteiger partial charge in [0.05, 0.1) is 5.88 Å². The average molecular weight is 331 g/mol. The summed E-state index contributed by atoms with van der Waals surface area (Å²) in [5.74, 6) is 1.70. The van der Waals surface area contributed by atoms with Gasteiger partial charge in [0.1, 0.15) is 12.1 Å². The summed E-state index contributed by atoms with van der Waals surface area (Å²) in [6.07, 6.45) is 0. The first-order chi connectivity index (χ1) is 11.1. The van der Waals surface area contributed by atoms with Crippen molar-refractivity contribution in [1.82, 2.24) is 14.7 Å². The minimum absolute atomic E-state index is 0.133. The van der Waals surface area contributed by atoms with E-state index in [0.29, 0.717) is 19.0 Å². The predicted molar refractivity (Wildman–Crippen MR) is 89.9 cm³/mol. The monoisotopic (exact) mass is 331 g/mol. The summed E-state index contributed by atoms with van der Waals surface area (Å²) >= 11 is 1.68. The zero-order valence-corrected chi connectivity index (χ0v) is 14.1. The van der Waals surface area contributed by atoms with Gasteiger partial charge in [-0.05, 0) is 18.1 Å². The van der Waals surface area contributed by atoms with Crippen molar-refractivity contribution < 1.29 is 9.59 Å². The first kappa shape index (κ1) is 15.0. The van der Waals surface area contributed by atoms with Gasteiger partial charge in [0.15, 0.2) is 0 Å². The van der Waals surface area contributed by atoms with E-state index in [1.807, 2.05) is 11.0 Å². The van der Waals surface area contributed by atoms with Crippen LogP contribution >= 0.6 is 11.8 Å². The van der Waals surface area contributed by atoms with E-state index in [0.717, 1.165) is 18.8 Å². The van der Waals surface area contributed by atoms with Crippen LogP contribution in [0.3, 0.4) is 0 Å². The topological polar surface area (TPSA) is 43.9 Å². The molecule has 0 spiro atoms. The van der Waals surface area contributed by atoms with E-state index in [1.165, 1.54) is 11.1 Å². The van der Waals surface area contributed by atoms with E-state index in [-0.39, 0.29) is 23.9 Å². The number of thioether (sulfide) groups is 1. The van der Waals surface area contributed by atoms with Crippen molar-refractivity contribution in [2.24, 2.45) is 0 Å². The molecule has 5 nitrogen and oxygen atoms in total. The first-order valence-electron chi connectivity index (χ1n) is 8.11. The van der Waals surface area contributed by atoms with Gasteiger partial charge in [-0.25, -0.2) is 0 Å². The molecule has 0 aromatic heterocycles. The lowest BCUT2D eigenvalue weighted by atomic mass is 10.0. The highest BCUT2D eigenvalue weighted by Gasteiger charge is 2.49. The van der Waals surface area contributed by atoms with Crippen LogP contribution in [0.1, 0.15) is 11.1 Å². The number of benzene rings is 1. The molecule has 0 aliphatic carbocycles. The Balaban J connectivity index is 1.51. The van der Waals surface area contributed by atoms with Crippen molar-refractivity contribution >= 4 is 23.6 Å². The van der Waals surface area contributed by atoms with Gasteiger partial charge >= 0.3 is 0 Å². The van der Waals surface area contributed by atoms with E-state index in [4.69, 9.17) is 0 Å². The van der Waals surface area contributed by atoms with E-state index in [9.17, 15) is 9.59 Å². The van der Waals surface area contributed by atoms with Crippen molar-refractivity contribution in [1.29, 1.82) is 0 Å². The lowest BCUT2D eigenvalue weighted by molar-refractivity contribution is -0.162. The molecule has 3 aliphatic heterocycles. The van der Waals surface area contributed by atoms with Gasteiger partial charge in [0, 0.05) is 31.9 Å². The van der Waals surface area contributed by atoms with Gasteiger partial charge in [-0.3, -0.25) is 14.5 Å². The SMILES string of the molecule is Cc1ccccc1CN1CCN2C(=O)[C@@H]3CSCN3C(=O)[C@H]2C1. The van der Waals surface area contributed by atoms with Crippen molar-refractivity contribution in [2.45, 2.75) is 25.6 Å². The number of fused-ring (bicyclic) bond motifs is 2. The van der Waals surface area contributed by atoms with Gasteiger partial charge in [-0.15, -0.1) is 11.8 Å². The third-order valence-electron chi connectivity index (χ3n) is 5.14. The summed E-state index contributed by atoms with van der Waals surface area (Å²) in [4.78, 5) is 31.3. The normalized spacial score (nSPS) is 28.0. The fourth-order valence-electron chi connectivity index (χ4n) is 3.73. The summed E-state index contributed by atoms with van der Waals surface area (Å²) < 4.78 is 0. The number of amides is 2. The summed E-state index contributed by atoms with van der Waals surface area (Å²) in [7, 11) is 0. The van der Waals surface area contributed by atoms with Crippen LogP contribution in [0.2, 0.25) is 0 Å². The summed E-state index contributed by atoms with van der Waals surface area (Å²) in [5.41, 5.74) is 2.57. The molecule has 1 aromatic carbocycles. The maximum atomic E-state index is 12.7. The molecule has 122 valence electrons. The molecule has 23 heavy (non-hydrogen) atoms. The zero-order valence-electron chi connectivity index (χ0n) is 13.3. The number of nitrogens with zero attached hydrogens (tertiary/aromatic N) is 3. The molecule has 0 saturated carbocycles. The Morgan fingerprint density at radius 3 is 2.70 bits per heavy atom. The maximum absolute atomic E-state index is 12.7. The number of rotatable bonds is 2. The number of carbonyl (C=O) groups is 2. The Morgan fingerprint density at radius 1 is 1.09 bits per heavy atom. The van der Waals surface area contributed by atoms with E-state index < -0.39 is 0 Å². The summed E-state index contributed by atoms with van der Waals surface area (Å²) in [6.45, 7) is 5.11. The van der Waals surface area contributed by atoms with Crippen LogP contribution in [-0.2, 0) is 16.1 Å². The van der Waals surface area contributed by atoms with Crippen LogP contribution in [0, 0.1) is 6.92 Å². The van der Waals surface area contributed by atoms with Gasteiger partial charge in [0.2, 0.25) is 11.8 Å². The highest BCUT2D eigenvalue weighted by molar-refractivity contribution is 7.99. The Hall–Kier alpha value is -1.53. The van der Waals surface area contributed by atoms with Crippen LogP contribution in [0.4, 0.5) is 0 Å². The van der Waals surface area contributed by atoms with Crippen LogP contribution in [-0.4, -0.2) is 69.9 Å². The largest absolute Gasteiger partial charge is 0.326 e. The molecule has 0 unspecified atom stereocenters. The molecule has 0 bridgehead atoms. The standard InChI is InChI=1S/C17H21N3O2S/c1-12-4-2-3-5-13(12)8-18-6-7-19-14(9-18)16(21)20-11-23-10-15(20)17(19)22/h2-5,14-15H,6-11H2,1H3/t14-,15+/m1/s1. The molecule has 3 saturated heterocycles. The molecule has 4 rings (SSSR count). The van der Waals surface area contributed by atoms with E-state index in [2.05, 4.69) is 30.0 Å². The van der Waals surface area contributed by atoms with Crippen LogP contribution in [0.5, 0.6) is 0 Å². The molecule has 2 amide bonds. The Labute approximate surface area is 140 Å². The molecule has 0 N–H and O–H groups in total. The van der Waals surface area contributed by atoms with Crippen molar-refractivity contribution in [3.63, 3.8) is 0 Å². The summed E-state index contributed by atoms with van der Waals surface area (Å²) in [6, 6.07) is 7.85. The fraction of sp³-hybridized carbons (Fsp3) is 0.529. The quantitative estimate of drug-likeness (QED) is 0.808. The van der Waals surface area contributed by atoms with Crippen LogP contribution < -0.4 is 0 Å². The van der Waals surface area contributed by atoms with Gasteiger partial charge in [-0.1, -0.05) is 24.3 Å². The number of piperazine rings is 2. The molecule has 3 fully saturated rings. The Kier molecular flexibility index (Phi) is 3.81. The van der Waals surface area contributed by atoms with E-state index in [1.54, 1.807) is 16.7 Å². The third kappa shape index (κ3) is 2.54. The predicted octanol–water partition coefficient (Wildman–Crippen LogP) is 0.923. The minimum Gasteiger partial charge on any atom is -0.326 e. The zero-order chi connectivity index (χ0) is 16.0. The highest BCUT2D eigenvalue weighted by Crippen LogP contribution is 2.30. The maximum Gasteiger partial charge on any atom is 0.248 e. The number of hydrogen-bond donors (Lipinski definition) is 0. The number of carbonyl (C=O) groups excluding carboxylic acids is 2. The molecule has 2 atom stereocenters. The second-order valence-electron chi connectivity index (χ2n) is 6.53. The van der Waals surface area contributed by atoms with Gasteiger partial charge < -0.3 is 9.80 Å². The molecular formula is C17H21N3O2S.